The van der Waals surface area contributed by atoms with Crippen LogP contribution in [-0.2, 0) is 9.68 Å². The summed E-state index contributed by atoms with van der Waals surface area (Å²) in [7, 11) is 0. The molecule has 44 heavy (non-hydrogen) atoms. The van der Waals surface area contributed by atoms with Crippen molar-refractivity contribution in [2.24, 2.45) is 11.3 Å². The van der Waals surface area contributed by atoms with Crippen LogP contribution in [0.5, 0.6) is 0 Å². The molecule has 0 aromatic heterocycles. The number of rotatable bonds is 4. The van der Waals surface area contributed by atoms with Crippen LogP contribution < -0.4 is 0 Å². The van der Waals surface area contributed by atoms with Crippen LogP contribution in [0.3, 0.4) is 0 Å². The van der Waals surface area contributed by atoms with Crippen LogP contribution in [0.1, 0.15) is 0 Å². The van der Waals surface area contributed by atoms with E-state index in [0.717, 1.165) is 6.07 Å². The van der Waals surface area contributed by atoms with Gasteiger partial charge in [-0.15, -0.1) is 0 Å². The average molecular weight is 651 g/mol. The fourth-order valence-corrected chi connectivity index (χ4v) is 8.11. The second kappa shape index (κ2) is 7.60. The minimum Gasteiger partial charge on any atom is -0.375 e. The van der Waals surface area contributed by atoms with E-state index in [4.69, 9.17) is 0 Å². The third-order valence-electron chi connectivity index (χ3n) is 10.1. The normalized spacial score (nSPS) is 47.2. The molecular weight excluding hydrogens is 626 g/mol. The first-order chi connectivity index (χ1) is 19.4. The molecule has 21 N–H and O–H groups in total. The van der Waals surface area contributed by atoms with E-state index in [9.17, 15) is 118 Å². The van der Waals surface area contributed by atoms with Gasteiger partial charge in [0.15, 0.2) is 23.3 Å². The van der Waals surface area contributed by atoms with Gasteiger partial charge in [-0.1, -0.05) is 5.23 Å². The Kier molecular flexibility index (Phi) is 5.77. The molecule has 26 nitrogen and oxygen atoms in total. The average Bonchev–Trinajstić information content (AvgIpc) is 3.31. The SMILES string of the molecule is N#CC1N(C(=O)C(N(O)O)C23C(O)(O)C4(O)C(O)(O)C(O)(C(O)(O)C(OO)(C4(O)O)C2(O)O)C3(O)O)C2C(C1(O)O)C2(O)O. The quantitative estimate of drug-likeness (QED) is 0.0761. The van der Waals surface area contributed by atoms with Gasteiger partial charge in [-0.25, -0.2) is 4.89 Å². The van der Waals surface area contributed by atoms with Gasteiger partial charge in [0.1, 0.15) is 6.04 Å². The van der Waals surface area contributed by atoms with Crippen molar-refractivity contribution in [3.63, 3.8) is 0 Å². The molecule has 6 unspecified atom stereocenters. The van der Waals surface area contributed by atoms with Crippen LogP contribution >= 0.6 is 0 Å². The molecule has 0 spiro atoms. The van der Waals surface area contributed by atoms with Crippen molar-refractivity contribution in [2.45, 2.75) is 81.2 Å². The maximum Gasteiger partial charge on any atom is 0.269 e. The Balaban J connectivity index is 1.96. The highest BCUT2D eigenvalue weighted by molar-refractivity contribution is 5.86. The van der Waals surface area contributed by atoms with E-state index in [1.54, 1.807) is 0 Å². The Hall–Kier alpha value is -1.96. The van der Waals surface area contributed by atoms with E-state index >= 15 is 0 Å². The summed E-state index contributed by atoms with van der Waals surface area (Å²) in [6, 6.07) is -8.72. The molecule has 5 aliphatic carbocycles. The topological polar surface area (TPSA) is 481 Å². The Labute approximate surface area is 238 Å². The number of carbonyl (C=O) groups excluding carboxylic acids is 1. The molecule has 1 amide bonds. The predicted molar refractivity (Wildman–Crippen MR) is 109 cm³/mol. The molecule has 6 aliphatic rings. The summed E-state index contributed by atoms with van der Waals surface area (Å²) in [4.78, 5) is 16.8. The van der Waals surface area contributed by atoms with Crippen LogP contribution in [0.25, 0.3) is 0 Å². The van der Waals surface area contributed by atoms with E-state index in [1.165, 1.54) is 0 Å². The predicted octanol–water partition coefficient (Wildman–Crippen LogP) is -13.7. The molecule has 6 fully saturated rings. The summed E-state index contributed by atoms with van der Waals surface area (Å²) in [5.74, 6) is -46.7. The molecule has 5 saturated carbocycles. The molecule has 4 bridgehead atoms. The van der Waals surface area contributed by atoms with Crippen molar-refractivity contribution in [3.05, 3.63) is 0 Å². The lowest BCUT2D eigenvalue weighted by Crippen LogP contribution is -3.17. The summed E-state index contributed by atoms with van der Waals surface area (Å²) >= 11 is 0. The number of hydrogen-bond acceptors (Lipinski definition) is 25. The van der Waals surface area contributed by atoms with Gasteiger partial charge in [-0.2, -0.15) is 5.26 Å². The Morgan fingerprint density at radius 1 is 0.682 bits per heavy atom. The monoisotopic (exact) mass is 651 g/mol. The molecule has 0 radical (unpaired) electrons. The highest BCUT2D eigenvalue weighted by Crippen LogP contribution is 2.81. The maximum absolute atomic E-state index is 13.9. The summed E-state index contributed by atoms with van der Waals surface area (Å²) in [5, 5.41) is 232. The number of piperidine rings is 1. The van der Waals surface area contributed by atoms with Crippen LogP contribution in [0.2, 0.25) is 0 Å². The van der Waals surface area contributed by atoms with Crippen LogP contribution in [0.4, 0.5) is 0 Å². The van der Waals surface area contributed by atoms with Crippen molar-refractivity contribution in [1.82, 2.24) is 10.1 Å². The zero-order valence-corrected chi connectivity index (χ0v) is 20.9. The third kappa shape index (κ3) is 2.30. The van der Waals surface area contributed by atoms with Crippen molar-refractivity contribution in [2.75, 3.05) is 0 Å². The van der Waals surface area contributed by atoms with Gasteiger partial charge in [0.05, 0.1) is 12.0 Å². The molecule has 0 aromatic carbocycles. The van der Waals surface area contributed by atoms with E-state index in [0.29, 0.717) is 0 Å². The lowest BCUT2D eigenvalue weighted by molar-refractivity contribution is -0.731. The van der Waals surface area contributed by atoms with Gasteiger partial charge < -0.3 is 96.8 Å². The molecule has 1 saturated heterocycles. The fraction of sp³-hybridized carbons (Fsp3) is 0.889. The number of carbonyl (C=O) groups is 1. The zero-order chi connectivity index (χ0) is 34.5. The Bertz CT molecular complexity index is 1340. The third-order valence-corrected chi connectivity index (χ3v) is 10.1. The summed E-state index contributed by atoms with van der Waals surface area (Å²) in [5.41, 5.74) is -22.6. The molecule has 6 rings (SSSR count). The number of fused-ring (bicyclic) bond motifs is 1. The summed E-state index contributed by atoms with van der Waals surface area (Å²) in [6.07, 6.45) is 0. The van der Waals surface area contributed by atoms with Crippen LogP contribution in [0, 0.1) is 22.7 Å². The lowest BCUT2D eigenvalue weighted by Gasteiger charge is -2.84. The smallest absolute Gasteiger partial charge is 0.269 e. The minimum absolute atomic E-state index is 0.502. The van der Waals surface area contributed by atoms with Gasteiger partial charge in [-0.3, -0.25) is 20.5 Å². The molecule has 1 aliphatic heterocycles. The first-order valence-electron chi connectivity index (χ1n) is 11.6. The Morgan fingerprint density at radius 2 is 1.09 bits per heavy atom. The van der Waals surface area contributed by atoms with Gasteiger partial charge in [0.25, 0.3) is 5.60 Å². The van der Waals surface area contributed by atoms with Crippen LogP contribution in [0.15, 0.2) is 0 Å². The van der Waals surface area contributed by atoms with Crippen molar-refractivity contribution >= 4 is 5.91 Å². The lowest BCUT2D eigenvalue weighted by atomic mass is 9.29. The van der Waals surface area contributed by atoms with E-state index in [2.05, 4.69) is 4.89 Å². The van der Waals surface area contributed by atoms with Crippen LogP contribution in [-0.4, -0.2) is 205 Å². The first-order valence-corrected chi connectivity index (χ1v) is 11.6. The van der Waals surface area contributed by atoms with E-state index in [1.807, 2.05) is 0 Å². The molecule has 0 aromatic rings. The van der Waals surface area contributed by atoms with Crippen molar-refractivity contribution in [3.8, 4) is 6.07 Å². The first kappa shape index (κ1) is 33.4. The highest BCUT2D eigenvalue weighted by Gasteiger charge is 3.16. The van der Waals surface area contributed by atoms with Crippen molar-refractivity contribution in [1.29, 1.82) is 5.26 Å². The number of aliphatic hydroxyl groups is 18. The van der Waals surface area contributed by atoms with Gasteiger partial charge in [-0.05, 0) is 0 Å². The number of amides is 1. The number of hydrogen-bond donors (Lipinski definition) is 21. The minimum atomic E-state index is -5.83. The second-order valence-electron chi connectivity index (χ2n) is 11.5. The zero-order valence-electron chi connectivity index (χ0n) is 20.9. The van der Waals surface area contributed by atoms with Gasteiger partial charge >= 0.3 is 0 Å². The molecule has 26 heteroatoms. The van der Waals surface area contributed by atoms with Crippen molar-refractivity contribution < 1.29 is 117 Å². The summed E-state index contributed by atoms with van der Waals surface area (Å²) in [6.45, 7) is 0. The standard InChI is InChI=1S/C18H25N3O23/c19-1-2-7(23,24)3-4(8(3,25)26)20(2)6(22)5(21(41)42)9-13(29,30)10(27)16(35,36)11(28,14(9,31)32)18(39,40)12(44-43,15(9,33)34)17(10,37)38/h2-5,23-43H. The fourth-order valence-electron chi connectivity index (χ4n) is 8.11. The maximum atomic E-state index is 13.9. The van der Waals surface area contributed by atoms with Gasteiger partial charge in [0, 0.05) is 0 Å². The van der Waals surface area contributed by atoms with E-state index in [-0.39, 0.29) is 0 Å². The number of nitriles is 1. The Morgan fingerprint density at radius 3 is 1.43 bits per heavy atom. The number of likely N-dealkylation sites (tertiary alicyclic amines) is 1. The molecule has 6 atom stereocenters. The largest absolute Gasteiger partial charge is 0.375 e. The number of hydroxylamine groups is 2. The number of nitrogens with zero attached hydrogens (tertiary/aromatic N) is 3. The molecule has 1 heterocycles. The second-order valence-corrected chi connectivity index (χ2v) is 11.5. The highest BCUT2D eigenvalue weighted by atomic mass is 17.1. The molecular formula is C18H25N3O23. The summed E-state index contributed by atoms with van der Waals surface area (Å²) < 4.78 is 0. The van der Waals surface area contributed by atoms with E-state index < -0.39 is 109 Å². The van der Waals surface area contributed by atoms with Gasteiger partial charge in [0.2, 0.25) is 57.6 Å². The molecule has 250 valence electrons.